The van der Waals surface area contributed by atoms with Crippen LogP contribution in [0.3, 0.4) is 0 Å². The van der Waals surface area contributed by atoms with Crippen LogP contribution in [-0.2, 0) is 0 Å². The fourth-order valence-electron chi connectivity index (χ4n) is 9.52. The Hall–Kier alpha value is -7.96. The van der Waals surface area contributed by atoms with E-state index in [1.54, 1.807) is 0 Å². The number of hydrogen-bond donors (Lipinski definition) is 0. The standard InChI is InChI=1S/C52H32N6/c1-7-25-43-37(19-1)38-20-2-8-26-44(38)55(43)33-15-13-17-35(31-33)57-47-29-11-5-23-41(47)49-51(57)54-52-50(53-49)42-24-6-12-30-48(42)58(52)36-18-14-16-34(32-36)56-45-27-9-3-21-39(45)40-22-4-10-28-46(40)56/h1-32H. The second-order valence-electron chi connectivity index (χ2n) is 15.1. The van der Waals surface area contributed by atoms with Crippen LogP contribution in [0.15, 0.2) is 194 Å². The van der Waals surface area contributed by atoms with Crippen molar-refractivity contribution in [3.8, 4) is 22.7 Å². The Morgan fingerprint density at radius 1 is 0.241 bits per heavy atom. The summed E-state index contributed by atoms with van der Waals surface area (Å²) in [5, 5.41) is 7.10. The van der Waals surface area contributed by atoms with Crippen molar-refractivity contribution in [2.75, 3.05) is 0 Å². The van der Waals surface area contributed by atoms with Gasteiger partial charge in [-0.1, -0.05) is 121 Å². The number of hydrogen-bond acceptors (Lipinski definition) is 2. The van der Waals surface area contributed by atoms with E-state index < -0.39 is 0 Å². The Balaban J connectivity index is 1.07. The molecule has 13 aromatic rings. The Kier molecular flexibility index (Phi) is 6.35. The molecule has 0 radical (unpaired) electrons. The summed E-state index contributed by atoms with van der Waals surface area (Å²) < 4.78 is 9.30. The van der Waals surface area contributed by atoms with E-state index >= 15 is 0 Å². The first-order chi connectivity index (χ1) is 28.8. The van der Waals surface area contributed by atoms with Crippen LogP contribution >= 0.6 is 0 Å². The Labute approximate surface area is 331 Å². The second-order valence-corrected chi connectivity index (χ2v) is 15.1. The molecule has 5 heterocycles. The number of aromatic nitrogens is 6. The first-order valence-corrected chi connectivity index (χ1v) is 19.7. The highest BCUT2D eigenvalue weighted by Gasteiger charge is 2.22. The van der Waals surface area contributed by atoms with E-state index in [1.807, 2.05) is 0 Å². The lowest BCUT2D eigenvalue weighted by Crippen LogP contribution is -2.02. The molecule has 0 amide bonds. The van der Waals surface area contributed by atoms with Gasteiger partial charge in [0.1, 0.15) is 11.0 Å². The third-order valence-electron chi connectivity index (χ3n) is 11.9. The number of para-hydroxylation sites is 6. The van der Waals surface area contributed by atoms with Crippen molar-refractivity contribution in [2.24, 2.45) is 0 Å². The van der Waals surface area contributed by atoms with Crippen molar-refractivity contribution in [1.29, 1.82) is 0 Å². The molecule has 13 rings (SSSR count). The molecule has 6 heteroatoms. The Bertz CT molecular complexity index is 3470. The van der Waals surface area contributed by atoms with Crippen molar-refractivity contribution in [3.63, 3.8) is 0 Å². The fraction of sp³-hybridized carbons (Fsp3) is 0. The van der Waals surface area contributed by atoms with Gasteiger partial charge < -0.3 is 9.13 Å². The van der Waals surface area contributed by atoms with Crippen LogP contribution in [0.1, 0.15) is 0 Å². The summed E-state index contributed by atoms with van der Waals surface area (Å²) in [5.74, 6) is 0. The SMILES string of the molecule is c1cc(-n2c3ccccc3c3ccccc32)cc(-n2c3ccccc3c3nc4c5ccccc5n(-c5cccc(-n6c7ccccc7c7ccccc76)c5)c4nc32)c1. The highest BCUT2D eigenvalue weighted by molar-refractivity contribution is 6.13. The summed E-state index contributed by atoms with van der Waals surface area (Å²) in [6.07, 6.45) is 0. The minimum absolute atomic E-state index is 0.815. The summed E-state index contributed by atoms with van der Waals surface area (Å²) in [5.41, 5.74) is 14.5. The van der Waals surface area contributed by atoms with Crippen molar-refractivity contribution < 1.29 is 0 Å². The predicted molar refractivity (Wildman–Crippen MR) is 239 cm³/mol. The molecule has 6 nitrogen and oxygen atoms in total. The molecule has 0 atom stereocenters. The van der Waals surface area contributed by atoms with Gasteiger partial charge in [-0.3, -0.25) is 9.13 Å². The van der Waals surface area contributed by atoms with E-state index in [9.17, 15) is 0 Å². The van der Waals surface area contributed by atoms with Crippen molar-refractivity contribution in [1.82, 2.24) is 28.2 Å². The van der Waals surface area contributed by atoms with Gasteiger partial charge in [-0.05, 0) is 72.8 Å². The molecule has 0 N–H and O–H groups in total. The zero-order valence-corrected chi connectivity index (χ0v) is 31.2. The first-order valence-electron chi connectivity index (χ1n) is 19.7. The molecule has 270 valence electrons. The van der Waals surface area contributed by atoms with Crippen LogP contribution in [-0.4, -0.2) is 28.2 Å². The maximum Gasteiger partial charge on any atom is 0.166 e. The van der Waals surface area contributed by atoms with Gasteiger partial charge in [-0.25, -0.2) is 9.97 Å². The quantitative estimate of drug-likeness (QED) is 0.180. The molecule has 0 spiro atoms. The molecule has 0 aliphatic rings. The normalized spacial score (nSPS) is 12.1. The highest BCUT2D eigenvalue weighted by Crippen LogP contribution is 2.38. The van der Waals surface area contributed by atoms with Crippen molar-refractivity contribution >= 4 is 87.7 Å². The van der Waals surface area contributed by atoms with Crippen LogP contribution in [0.25, 0.3) is 110 Å². The minimum Gasteiger partial charge on any atom is -0.309 e. The van der Waals surface area contributed by atoms with Crippen molar-refractivity contribution in [3.05, 3.63) is 194 Å². The molecule has 0 fully saturated rings. The summed E-state index contributed by atoms with van der Waals surface area (Å²) >= 11 is 0. The van der Waals surface area contributed by atoms with Gasteiger partial charge in [0.05, 0.1) is 33.1 Å². The lowest BCUT2D eigenvalue weighted by atomic mass is 10.2. The second kappa shape index (κ2) is 11.8. The topological polar surface area (TPSA) is 45.5 Å². The molecule has 8 aromatic carbocycles. The van der Waals surface area contributed by atoms with E-state index in [-0.39, 0.29) is 0 Å². The smallest absolute Gasteiger partial charge is 0.166 e. The fourth-order valence-corrected chi connectivity index (χ4v) is 9.52. The Morgan fingerprint density at radius 3 is 0.862 bits per heavy atom. The van der Waals surface area contributed by atoms with Crippen LogP contribution in [0.2, 0.25) is 0 Å². The van der Waals surface area contributed by atoms with E-state index in [1.165, 1.54) is 43.6 Å². The maximum absolute atomic E-state index is 5.64. The minimum atomic E-state index is 0.815. The van der Waals surface area contributed by atoms with E-state index in [4.69, 9.17) is 9.97 Å². The van der Waals surface area contributed by atoms with Crippen LogP contribution < -0.4 is 0 Å². The zero-order valence-electron chi connectivity index (χ0n) is 31.2. The molecule has 0 bridgehead atoms. The van der Waals surface area contributed by atoms with Gasteiger partial charge >= 0.3 is 0 Å². The number of fused-ring (bicyclic) bond motifs is 12. The van der Waals surface area contributed by atoms with Gasteiger partial charge in [0.25, 0.3) is 0 Å². The number of rotatable bonds is 4. The molecule has 0 saturated heterocycles. The van der Waals surface area contributed by atoms with Crippen LogP contribution in [0.4, 0.5) is 0 Å². The summed E-state index contributed by atoms with van der Waals surface area (Å²) in [7, 11) is 0. The first kappa shape index (κ1) is 31.3. The summed E-state index contributed by atoms with van der Waals surface area (Å²) in [6, 6.07) is 69.3. The predicted octanol–water partition coefficient (Wildman–Crippen LogP) is 12.9. The number of benzene rings is 8. The van der Waals surface area contributed by atoms with Gasteiger partial charge in [0.2, 0.25) is 0 Å². The third-order valence-corrected chi connectivity index (χ3v) is 11.9. The molecular weight excluding hydrogens is 709 g/mol. The van der Waals surface area contributed by atoms with E-state index in [0.29, 0.717) is 0 Å². The monoisotopic (exact) mass is 740 g/mol. The van der Waals surface area contributed by atoms with Gasteiger partial charge in [-0.15, -0.1) is 0 Å². The van der Waals surface area contributed by atoms with E-state index in [0.717, 1.165) is 66.9 Å². The van der Waals surface area contributed by atoms with Gasteiger partial charge in [-0.2, -0.15) is 0 Å². The largest absolute Gasteiger partial charge is 0.309 e. The molecule has 5 aromatic heterocycles. The molecule has 0 aliphatic carbocycles. The van der Waals surface area contributed by atoms with Crippen LogP contribution in [0, 0.1) is 0 Å². The van der Waals surface area contributed by atoms with Crippen molar-refractivity contribution in [2.45, 2.75) is 0 Å². The maximum atomic E-state index is 5.64. The molecular formula is C52H32N6. The summed E-state index contributed by atoms with van der Waals surface area (Å²) in [4.78, 5) is 11.2. The third kappa shape index (κ3) is 4.26. The lowest BCUT2D eigenvalue weighted by molar-refractivity contribution is 1.09. The lowest BCUT2D eigenvalue weighted by Gasteiger charge is -2.13. The van der Waals surface area contributed by atoms with Gasteiger partial charge in [0.15, 0.2) is 11.3 Å². The van der Waals surface area contributed by atoms with Gasteiger partial charge in [0, 0.05) is 55.1 Å². The average Bonchev–Trinajstić information content (AvgIpc) is 4.00. The highest BCUT2D eigenvalue weighted by atomic mass is 15.1. The number of nitrogens with zero attached hydrogens (tertiary/aromatic N) is 6. The average molecular weight is 741 g/mol. The Morgan fingerprint density at radius 2 is 0.517 bits per heavy atom. The molecule has 0 unspecified atom stereocenters. The summed E-state index contributed by atoms with van der Waals surface area (Å²) in [6.45, 7) is 0. The van der Waals surface area contributed by atoms with E-state index in [2.05, 4.69) is 212 Å². The zero-order chi connectivity index (χ0) is 37.9. The van der Waals surface area contributed by atoms with Crippen LogP contribution in [0.5, 0.6) is 0 Å². The molecule has 0 saturated carbocycles. The molecule has 0 aliphatic heterocycles. The molecule has 58 heavy (non-hydrogen) atoms.